The fourth-order valence-corrected chi connectivity index (χ4v) is 12.3. The average Bonchev–Trinajstić information content (AvgIpc) is 1.67. The first-order valence-corrected chi connectivity index (χ1v) is 41.2. The molecule has 0 aliphatic rings. The van der Waals surface area contributed by atoms with Crippen LogP contribution >= 0.6 is 15.6 Å². The smallest absolute Gasteiger partial charge is 0.462 e. The van der Waals surface area contributed by atoms with Gasteiger partial charge in [0, 0.05) is 25.7 Å². The van der Waals surface area contributed by atoms with E-state index in [2.05, 4.69) is 64.2 Å². The average molecular weight is 1380 g/mol. The van der Waals surface area contributed by atoms with Crippen molar-refractivity contribution in [2.45, 2.75) is 380 Å². The molecule has 0 fully saturated rings. The van der Waals surface area contributed by atoms with Crippen LogP contribution in [0.2, 0.25) is 0 Å². The van der Waals surface area contributed by atoms with Gasteiger partial charge in [-0.15, -0.1) is 0 Å². The summed E-state index contributed by atoms with van der Waals surface area (Å²) in [6.07, 6.45) is 62.7. The van der Waals surface area contributed by atoms with Crippen molar-refractivity contribution in [3.05, 3.63) is 36.5 Å². The van der Waals surface area contributed by atoms with Gasteiger partial charge in [-0.05, 0) is 83.5 Å². The predicted octanol–water partition coefficient (Wildman–Crippen LogP) is 21.6. The van der Waals surface area contributed by atoms with Crippen LogP contribution in [-0.2, 0) is 65.4 Å². The van der Waals surface area contributed by atoms with Crippen LogP contribution in [0.5, 0.6) is 0 Å². The van der Waals surface area contributed by atoms with E-state index in [1.165, 1.54) is 148 Å². The SMILES string of the molecule is CCCCC/C=C\C/C=C\CCCCCCCC(=O)OC[C@H](COP(=O)(O)OC[C@@H](O)COP(=O)(O)OC[C@@H](COC(=O)CCCCCCC/C=C\CCCCCC)OC(=O)CCCCCCCCCCCCCCC)OC(=O)CCCCCCCCCCCCCCC. The van der Waals surface area contributed by atoms with Crippen molar-refractivity contribution in [3.63, 3.8) is 0 Å². The third-order valence-corrected chi connectivity index (χ3v) is 18.5. The van der Waals surface area contributed by atoms with Crippen LogP contribution in [0.25, 0.3) is 0 Å². The van der Waals surface area contributed by atoms with Gasteiger partial charge in [-0.2, -0.15) is 0 Å². The molecule has 0 aliphatic heterocycles. The summed E-state index contributed by atoms with van der Waals surface area (Å²) < 4.78 is 68.4. The number of ether oxygens (including phenoxy) is 4. The summed E-state index contributed by atoms with van der Waals surface area (Å²) >= 11 is 0. The highest BCUT2D eigenvalue weighted by molar-refractivity contribution is 7.47. The topological polar surface area (TPSA) is 237 Å². The molecule has 17 nitrogen and oxygen atoms in total. The van der Waals surface area contributed by atoms with Gasteiger partial charge in [-0.25, -0.2) is 9.13 Å². The van der Waals surface area contributed by atoms with Crippen LogP contribution in [0.4, 0.5) is 0 Å². The van der Waals surface area contributed by atoms with E-state index in [1.54, 1.807) is 0 Å². The minimum Gasteiger partial charge on any atom is -0.462 e. The number of phosphoric ester groups is 2. The number of allylic oxidation sites excluding steroid dienone is 6. The number of carbonyl (C=O) groups excluding carboxylic acids is 4. The van der Waals surface area contributed by atoms with E-state index in [9.17, 15) is 43.2 Å². The number of carbonyl (C=O) groups is 4. The van der Waals surface area contributed by atoms with Gasteiger partial charge < -0.3 is 33.8 Å². The fraction of sp³-hybridized carbons (Fsp3) is 0.867. The quantitative estimate of drug-likeness (QED) is 0.0169. The number of unbranched alkanes of at least 4 members (excludes halogenated alkanes) is 41. The molecule has 0 heterocycles. The van der Waals surface area contributed by atoms with Crippen molar-refractivity contribution in [2.24, 2.45) is 0 Å². The van der Waals surface area contributed by atoms with E-state index < -0.39 is 97.5 Å². The van der Waals surface area contributed by atoms with Gasteiger partial charge in [0.15, 0.2) is 12.2 Å². The molecule has 0 saturated carbocycles. The molecule has 3 N–H and O–H groups in total. The lowest BCUT2D eigenvalue weighted by molar-refractivity contribution is -0.161. The normalized spacial score (nSPS) is 14.2. The van der Waals surface area contributed by atoms with Crippen LogP contribution in [0.1, 0.15) is 362 Å². The summed E-state index contributed by atoms with van der Waals surface area (Å²) in [5, 5.41) is 10.6. The van der Waals surface area contributed by atoms with Crippen LogP contribution < -0.4 is 0 Å². The van der Waals surface area contributed by atoms with Gasteiger partial charge in [-0.3, -0.25) is 37.3 Å². The molecule has 0 aromatic carbocycles. The van der Waals surface area contributed by atoms with Crippen molar-refractivity contribution in [1.82, 2.24) is 0 Å². The number of esters is 4. The molecule has 0 rings (SSSR count). The minimum absolute atomic E-state index is 0.100. The molecule has 0 aromatic rings. The largest absolute Gasteiger partial charge is 0.472 e. The van der Waals surface area contributed by atoms with Crippen LogP contribution in [-0.4, -0.2) is 96.7 Å². The lowest BCUT2D eigenvalue weighted by Gasteiger charge is -2.21. The minimum atomic E-state index is -4.96. The van der Waals surface area contributed by atoms with E-state index in [-0.39, 0.29) is 25.7 Å². The highest BCUT2D eigenvalue weighted by atomic mass is 31.2. The summed E-state index contributed by atoms with van der Waals surface area (Å²) in [5.41, 5.74) is 0. The van der Waals surface area contributed by atoms with Crippen LogP contribution in [0.15, 0.2) is 36.5 Å². The monoisotopic (exact) mass is 1370 g/mol. The Hall–Kier alpha value is -2.72. The molecule has 0 bridgehead atoms. The van der Waals surface area contributed by atoms with Crippen molar-refractivity contribution >= 4 is 39.5 Å². The van der Waals surface area contributed by atoms with Crippen LogP contribution in [0, 0.1) is 0 Å². The Morgan fingerprint density at radius 1 is 0.298 bits per heavy atom. The lowest BCUT2D eigenvalue weighted by Crippen LogP contribution is -2.30. The van der Waals surface area contributed by atoms with Crippen LogP contribution in [0.3, 0.4) is 0 Å². The Kier molecular flexibility index (Phi) is 66.8. The van der Waals surface area contributed by atoms with E-state index in [4.69, 9.17) is 37.0 Å². The van der Waals surface area contributed by atoms with Gasteiger partial charge in [0.2, 0.25) is 0 Å². The molecule has 0 amide bonds. The second kappa shape index (κ2) is 68.8. The molecule has 0 radical (unpaired) electrons. The number of aliphatic hydroxyl groups excluding tert-OH is 1. The lowest BCUT2D eigenvalue weighted by atomic mass is 10.0. The van der Waals surface area contributed by atoms with E-state index in [1.807, 2.05) is 0 Å². The number of hydrogen-bond donors (Lipinski definition) is 3. The second-order valence-electron chi connectivity index (χ2n) is 26.0. The van der Waals surface area contributed by atoms with E-state index in [0.29, 0.717) is 25.7 Å². The molecule has 0 spiro atoms. The third-order valence-electron chi connectivity index (χ3n) is 16.6. The van der Waals surface area contributed by atoms with Gasteiger partial charge in [-0.1, -0.05) is 289 Å². The molecular weight excluding hydrogens is 1230 g/mol. The Labute approximate surface area is 573 Å². The van der Waals surface area contributed by atoms with Crippen molar-refractivity contribution in [1.29, 1.82) is 0 Å². The molecule has 0 saturated heterocycles. The third kappa shape index (κ3) is 67.8. The molecule has 19 heteroatoms. The zero-order chi connectivity index (χ0) is 69.0. The first-order chi connectivity index (χ1) is 45.7. The zero-order valence-electron chi connectivity index (χ0n) is 60.2. The summed E-state index contributed by atoms with van der Waals surface area (Å²) in [4.78, 5) is 72.7. The number of aliphatic hydroxyl groups is 1. The van der Waals surface area contributed by atoms with Gasteiger partial charge in [0.1, 0.15) is 19.3 Å². The molecule has 0 aliphatic carbocycles. The van der Waals surface area contributed by atoms with Crippen molar-refractivity contribution < 1.29 is 80.2 Å². The molecule has 94 heavy (non-hydrogen) atoms. The Morgan fingerprint density at radius 3 is 0.830 bits per heavy atom. The number of rotatable bonds is 73. The number of phosphoric acid groups is 2. The zero-order valence-corrected chi connectivity index (χ0v) is 61.9. The Balaban J connectivity index is 5.30. The highest BCUT2D eigenvalue weighted by Gasteiger charge is 2.30. The second-order valence-corrected chi connectivity index (χ2v) is 28.9. The molecule has 0 aromatic heterocycles. The van der Waals surface area contributed by atoms with Crippen molar-refractivity contribution in [3.8, 4) is 0 Å². The fourth-order valence-electron chi connectivity index (χ4n) is 10.7. The maximum atomic E-state index is 13.1. The molecule has 552 valence electrons. The predicted molar refractivity (Wildman–Crippen MR) is 381 cm³/mol. The molecule has 2 unspecified atom stereocenters. The van der Waals surface area contributed by atoms with Gasteiger partial charge in [0.05, 0.1) is 26.4 Å². The standard InChI is InChI=1S/C75H140O17P2/c1-5-9-13-17-21-25-29-33-34-38-40-44-48-52-56-60-73(78)86-66-71(92-75(80)62-58-54-50-46-42-37-32-28-24-20-16-12-8-4)68-90-94(83,84)88-64-69(76)63-87-93(81,82)89-67-70(91-74(79)61-57-53-49-45-41-36-31-27-23-19-15-11-7-3)65-85-72(77)59-55-51-47-43-39-35-30-26-22-18-14-10-6-2/h21,25-26,30,33-34,69-71,76H,5-20,22-24,27-29,31-32,35-68H2,1-4H3,(H,81,82)(H,83,84)/b25-21-,30-26-,34-33-/t69-,70+,71+/m0/s1. The Morgan fingerprint density at radius 2 is 0.521 bits per heavy atom. The van der Waals surface area contributed by atoms with Gasteiger partial charge in [0.25, 0.3) is 0 Å². The summed E-state index contributed by atoms with van der Waals surface area (Å²) in [7, 11) is -9.92. The van der Waals surface area contributed by atoms with Gasteiger partial charge >= 0.3 is 39.5 Å². The maximum absolute atomic E-state index is 13.1. The summed E-state index contributed by atoms with van der Waals surface area (Å²) in [6.45, 7) is 4.88. The molecular formula is C75H140O17P2. The molecule has 5 atom stereocenters. The maximum Gasteiger partial charge on any atom is 0.472 e. The highest BCUT2D eigenvalue weighted by Crippen LogP contribution is 2.45. The van der Waals surface area contributed by atoms with Crippen molar-refractivity contribution in [2.75, 3.05) is 39.6 Å². The first kappa shape index (κ1) is 91.3. The summed E-state index contributed by atoms with van der Waals surface area (Å²) in [5.74, 6) is -2.16. The number of hydrogen-bond acceptors (Lipinski definition) is 15. The summed E-state index contributed by atoms with van der Waals surface area (Å²) in [6, 6.07) is 0. The van der Waals surface area contributed by atoms with E-state index in [0.717, 1.165) is 135 Å². The first-order valence-electron chi connectivity index (χ1n) is 38.2. The Bertz CT molecular complexity index is 1930. The van der Waals surface area contributed by atoms with E-state index >= 15 is 0 Å².